The van der Waals surface area contributed by atoms with Gasteiger partial charge in [-0.3, -0.25) is 14.4 Å². The number of piperidine rings is 2. The fourth-order valence-electron chi connectivity index (χ4n) is 5.42. The zero-order chi connectivity index (χ0) is 27.4. The van der Waals surface area contributed by atoms with Gasteiger partial charge in [-0.1, -0.05) is 31.2 Å². The number of pyridine rings is 1. The standard InChI is InChI=1S/C28H35N5O5/c1-17-7-8-24(22-6-4-5-21(14-22)20-9-11-32(12-10-20)19(3)34)33(16-17)27(36)25(35)31-23-13-18(2)26(30-15-23)38-28(29)37/h4-6,13-15,17,20,24H,7-12,16H2,1-3H3,(H2,29,37)(H,31,35). The van der Waals surface area contributed by atoms with Crippen molar-refractivity contribution >= 4 is 29.5 Å². The van der Waals surface area contributed by atoms with Gasteiger partial charge in [0.25, 0.3) is 0 Å². The average molecular weight is 522 g/mol. The number of benzene rings is 1. The van der Waals surface area contributed by atoms with Crippen LogP contribution in [-0.2, 0) is 14.4 Å². The van der Waals surface area contributed by atoms with E-state index in [1.807, 2.05) is 17.0 Å². The summed E-state index contributed by atoms with van der Waals surface area (Å²) < 4.78 is 4.81. The highest BCUT2D eigenvalue weighted by Crippen LogP contribution is 2.36. The molecule has 2 unspecified atom stereocenters. The molecule has 0 radical (unpaired) electrons. The molecule has 2 aromatic rings. The van der Waals surface area contributed by atoms with E-state index < -0.39 is 17.9 Å². The van der Waals surface area contributed by atoms with Gasteiger partial charge in [0.05, 0.1) is 17.9 Å². The number of anilines is 1. The maximum atomic E-state index is 13.4. The first kappa shape index (κ1) is 27.1. The van der Waals surface area contributed by atoms with Crippen molar-refractivity contribution in [3.63, 3.8) is 0 Å². The molecule has 4 amide bonds. The van der Waals surface area contributed by atoms with Crippen LogP contribution in [0.25, 0.3) is 0 Å². The summed E-state index contributed by atoms with van der Waals surface area (Å²) >= 11 is 0. The van der Waals surface area contributed by atoms with Gasteiger partial charge in [-0.15, -0.1) is 0 Å². The van der Waals surface area contributed by atoms with Crippen LogP contribution in [0.2, 0.25) is 0 Å². The fourth-order valence-corrected chi connectivity index (χ4v) is 5.42. The molecular weight excluding hydrogens is 486 g/mol. The number of rotatable bonds is 4. The smallest absolute Gasteiger partial charge is 0.391 e. The summed E-state index contributed by atoms with van der Waals surface area (Å²) in [6.45, 7) is 7.33. The van der Waals surface area contributed by atoms with E-state index in [0.717, 1.165) is 44.3 Å². The Kier molecular flexibility index (Phi) is 8.29. The number of hydrogen-bond acceptors (Lipinski definition) is 6. The zero-order valence-electron chi connectivity index (χ0n) is 22.1. The summed E-state index contributed by atoms with van der Waals surface area (Å²) in [4.78, 5) is 56.6. The van der Waals surface area contributed by atoms with Gasteiger partial charge in [-0.05, 0) is 61.6 Å². The summed E-state index contributed by atoms with van der Waals surface area (Å²) in [5.41, 5.74) is 8.08. The highest BCUT2D eigenvalue weighted by Gasteiger charge is 2.35. The van der Waals surface area contributed by atoms with Crippen molar-refractivity contribution in [1.82, 2.24) is 14.8 Å². The van der Waals surface area contributed by atoms with E-state index in [0.29, 0.717) is 23.7 Å². The number of primary amides is 1. The maximum Gasteiger partial charge on any atom is 0.411 e. The summed E-state index contributed by atoms with van der Waals surface area (Å²) in [6.07, 6.45) is 3.88. The number of aromatic nitrogens is 1. The molecule has 0 saturated carbocycles. The number of ether oxygens (including phenoxy) is 1. The van der Waals surface area contributed by atoms with Crippen molar-refractivity contribution in [3.8, 4) is 5.88 Å². The predicted octanol–water partition coefficient (Wildman–Crippen LogP) is 3.51. The Balaban J connectivity index is 1.48. The Morgan fingerprint density at radius 1 is 1.05 bits per heavy atom. The Morgan fingerprint density at radius 3 is 2.42 bits per heavy atom. The lowest BCUT2D eigenvalue weighted by Gasteiger charge is -2.39. The largest absolute Gasteiger partial charge is 0.411 e. The van der Waals surface area contributed by atoms with Crippen LogP contribution in [0.15, 0.2) is 36.5 Å². The van der Waals surface area contributed by atoms with Crippen LogP contribution in [0.4, 0.5) is 10.5 Å². The molecule has 202 valence electrons. The van der Waals surface area contributed by atoms with Gasteiger partial charge < -0.3 is 25.6 Å². The molecule has 3 N–H and O–H groups in total. The van der Waals surface area contributed by atoms with E-state index in [4.69, 9.17) is 10.5 Å². The van der Waals surface area contributed by atoms with Crippen molar-refractivity contribution in [1.29, 1.82) is 0 Å². The van der Waals surface area contributed by atoms with E-state index >= 15 is 0 Å². The van der Waals surface area contributed by atoms with Crippen LogP contribution in [-0.4, -0.2) is 58.2 Å². The van der Waals surface area contributed by atoms with Crippen LogP contribution in [0.3, 0.4) is 0 Å². The van der Waals surface area contributed by atoms with E-state index in [1.54, 1.807) is 24.8 Å². The molecule has 2 fully saturated rings. The third-order valence-corrected chi connectivity index (χ3v) is 7.47. The minimum absolute atomic E-state index is 0.0404. The summed E-state index contributed by atoms with van der Waals surface area (Å²) in [5, 5.41) is 2.63. The van der Waals surface area contributed by atoms with Gasteiger partial charge in [0, 0.05) is 32.1 Å². The molecule has 1 aromatic carbocycles. The average Bonchev–Trinajstić information content (AvgIpc) is 2.89. The molecule has 3 heterocycles. The monoisotopic (exact) mass is 521 g/mol. The van der Waals surface area contributed by atoms with Gasteiger partial charge >= 0.3 is 17.9 Å². The zero-order valence-corrected chi connectivity index (χ0v) is 22.1. The highest BCUT2D eigenvalue weighted by atomic mass is 16.6. The number of nitrogens with one attached hydrogen (secondary N) is 1. The minimum atomic E-state index is -0.983. The molecule has 10 heteroatoms. The lowest BCUT2D eigenvalue weighted by Crippen LogP contribution is -2.46. The molecule has 4 rings (SSSR count). The maximum absolute atomic E-state index is 13.4. The topological polar surface area (TPSA) is 135 Å². The van der Waals surface area contributed by atoms with Crippen LogP contribution in [0.5, 0.6) is 5.88 Å². The van der Waals surface area contributed by atoms with Crippen molar-refractivity contribution in [2.75, 3.05) is 25.0 Å². The fraction of sp³-hybridized carbons (Fsp3) is 0.464. The third kappa shape index (κ3) is 6.30. The Labute approximate surface area is 222 Å². The number of nitrogens with two attached hydrogens (primary N) is 1. The number of carbonyl (C=O) groups excluding carboxylic acids is 4. The molecule has 10 nitrogen and oxygen atoms in total. The summed E-state index contributed by atoms with van der Waals surface area (Å²) in [6, 6.07) is 9.69. The molecule has 0 bridgehead atoms. The first-order valence-corrected chi connectivity index (χ1v) is 13.0. The second kappa shape index (κ2) is 11.6. The Hall–Kier alpha value is -3.95. The van der Waals surface area contributed by atoms with Crippen LogP contribution in [0, 0.1) is 12.8 Å². The number of carbonyl (C=O) groups is 4. The third-order valence-electron chi connectivity index (χ3n) is 7.47. The molecule has 2 saturated heterocycles. The molecular formula is C28H35N5O5. The number of amides is 4. The van der Waals surface area contributed by atoms with Crippen LogP contribution >= 0.6 is 0 Å². The van der Waals surface area contributed by atoms with E-state index in [2.05, 4.69) is 29.4 Å². The van der Waals surface area contributed by atoms with Crippen molar-refractivity contribution in [3.05, 3.63) is 53.2 Å². The van der Waals surface area contributed by atoms with E-state index in [1.165, 1.54) is 11.8 Å². The number of hydrogen-bond donors (Lipinski definition) is 2. The van der Waals surface area contributed by atoms with E-state index in [-0.39, 0.29) is 23.7 Å². The van der Waals surface area contributed by atoms with Gasteiger partial charge in [0.2, 0.25) is 11.8 Å². The van der Waals surface area contributed by atoms with E-state index in [9.17, 15) is 19.2 Å². The molecule has 2 aliphatic heterocycles. The van der Waals surface area contributed by atoms with Crippen molar-refractivity contribution in [2.24, 2.45) is 11.7 Å². The predicted molar refractivity (Wildman–Crippen MR) is 141 cm³/mol. The minimum Gasteiger partial charge on any atom is -0.391 e. The Bertz CT molecular complexity index is 1220. The van der Waals surface area contributed by atoms with Crippen LogP contribution in [0.1, 0.15) is 68.2 Å². The van der Waals surface area contributed by atoms with Gasteiger partial charge in [-0.25, -0.2) is 9.78 Å². The second-order valence-corrected chi connectivity index (χ2v) is 10.3. The van der Waals surface area contributed by atoms with Crippen molar-refractivity contribution < 1.29 is 23.9 Å². The Morgan fingerprint density at radius 2 is 1.76 bits per heavy atom. The van der Waals surface area contributed by atoms with Gasteiger partial charge in [0.1, 0.15) is 0 Å². The first-order chi connectivity index (χ1) is 18.1. The van der Waals surface area contributed by atoms with Gasteiger partial charge in [0.15, 0.2) is 0 Å². The first-order valence-electron chi connectivity index (χ1n) is 13.0. The molecule has 2 atom stereocenters. The lowest BCUT2D eigenvalue weighted by molar-refractivity contribution is -0.146. The lowest BCUT2D eigenvalue weighted by atomic mass is 9.85. The number of nitrogens with zero attached hydrogens (tertiary/aromatic N) is 3. The number of aryl methyl sites for hydroxylation is 1. The SMILES string of the molecule is CC(=O)N1CCC(c2cccc(C3CCC(C)CN3C(=O)C(=O)Nc3cnc(OC(N)=O)c(C)c3)c2)CC1. The van der Waals surface area contributed by atoms with Crippen LogP contribution < -0.4 is 15.8 Å². The molecule has 0 aliphatic carbocycles. The van der Waals surface area contributed by atoms with Crippen molar-refractivity contribution in [2.45, 2.75) is 58.4 Å². The second-order valence-electron chi connectivity index (χ2n) is 10.3. The molecule has 0 spiro atoms. The summed E-state index contributed by atoms with van der Waals surface area (Å²) in [7, 11) is 0. The molecule has 38 heavy (non-hydrogen) atoms. The summed E-state index contributed by atoms with van der Waals surface area (Å²) in [5.74, 6) is -0.562. The quantitative estimate of drug-likeness (QED) is 0.591. The van der Waals surface area contributed by atoms with Gasteiger partial charge in [-0.2, -0.15) is 0 Å². The number of likely N-dealkylation sites (tertiary alicyclic amines) is 2. The highest BCUT2D eigenvalue weighted by molar-refractivity contribution is 6.39. The molecule has 2 aliphatic rings. The normalized spacial score (nSPS) is 20.1. The molecule has 1 aromatic heterocycles.